The molecule has 1 aliphatic heterocycles. The summed E-state index contributed by atoms with van der Waals surface area (Å²) in [5.74, 6) is 1.80. The van der Waals surface area contributed by atoms with Crippen molar-refractivity contribution in [2.45, 2.75) is 58.4 Å². The SMILES string of the molecule is CCNC(=NCC(=O)N1CCCC1)NC1CCC(C)CC1. The third-order valence-corrected chi connectivity index (χ3v) is 4.53. The summed E-state index contributed by atoms with van der Waals surface area (Å²) in [7, 11) is 0. The Morgan fingerprint density at radius 2 is 1.86 bits per heavy atom. The van der Waals surface area contributed by atoms with Gasteiger partial charge in [-0.25, -0.2) is 4.99 Å². The number of hydrogen-bond donors (Lipinski definition) is 2. The molecule has 0 bridgehead atoms. The minimum atomic E-state index is 0.155. The molecule has 1 amide bonds. The van der Waals surface area contributed by atoms with Crippen LogP contribution >= 0.6 is 0 Å². The fourth-order valence-corrected chi connectivity index (χ4v) is 3.13. The molecule has 0 atom stereocenters. The van der Waals surface area contributed by atoms with E-state index in [-0.39, 0.29) is 12.5 Å². The standard InChI is InChI=1S/C16H30N4O/c1-3-17-16(19-14-8-6-13(2)7-9-14)18-12-15(21)20-10-4-5-11-20/h13-14H,3-12H2,1-2H3,(H2,17,18,19). The van der Waals surface area contributed by atoms with Crippen molar-refractivity contribution < 1.29 is 4.79 Å². The lowest BCUT2D eigenvalue weighted by Crippen LogP contribution is -2.45. The van der Waals surface area contributed by atoms with E-state index in [1.807, 2.05) is 4.90 Å². The Bertz CT molecular complexity index is 355. The van der Waals surface area contributed by atoms with Crippen molar-refractivity contribution in [2.75, 3.05) is 26.2 Å². The van der Waals surface area contributed by atoms with Crippen LogP contribution in [0.5, 0.6) is 0 Å². The van der Waals surface area contributed by atoms with Crippen molar-refractivity contribution in [2.24, 2.45) is 10.9 Å². The van der Waals surface area contributed by atoms with Gasteiger partial charge in [0.05, 0.1) is 0 Å². The number of amides is 1. The summed E-state index contributed by atoms with van der Waals surface area (Å²) in [5.41, 5.74) is 0. The van der Waals surface area contributed by atoms with E-state index in [0.717, 1.165) is 44.4 Å². The van der Waals surface area contributed by atoms with Gasteiger partial charge in [-0.1, -0.05) is 6.92 Å². The lowest BCUT2D eigenvalue weighted by atomic mass is 9.87. The molecule has 0 aromatic carbocycles. The first-order valence-electron chi connectivity index (χ1n) is 8.51. The highest BCUT2D eigenvalue weighted by Gasteiger charge is 2.20. The average molecular weight is 294 g/mol. The van der Waals surface area contributed by atoms with E-state index >= 15 is 0 Å². The first-order valence-corrected chi connectivity index (χ1v) is 8.51. The van der Waals surface area contributed by atoms with Crippen LogP contribution in [0.15, 0.2) is 4.99 Å². The van der Waals surface area contributed by atoms with Crippen LogP contribution in [0, 0.1) is 5.92 Å². The Balaban J connectivity index is 1.82. The quantitative estimate of drug-likeness (QED) is 0.613. The van der Waals surface area contributed by atoms with Crippen LogP contribution in [-0.2, 0) is 4.79 Å². The van der Waals surface area contributed by atoms with Crippen LogP contribution in [0.3, 0.4) is 0 Å². The van der Waals surface area contributed by atoms with Crippen LogP contribution in [0.25, 0.3) is 0 Å². The number of guanidine groups is 1. The van der Waals surface area contributed by atoms with E-state index in [2.05, 4.69) is 29.5 Å². The normalized spacial score (nSPS) is 26.8. The van der Waals surface area contributed by atoms with Gasteiger partial charge in [-0.3, -0.25) is 4.79 Å². The maximum Gasteiger partial charge on any atom is 0.244 e. The maximum atomic E-state index is 12.1. The number of rotatable bonds is 4. The summed E-state index contributed by atoms with van der Waals surface area (Å²) in [5, 5.41) is 6.75. The summed E-state index contributed by atoms with van der Waals surface area (Å²) in [4.78, 5) is 18.5. The molecule has 21 heavy (non-hydrogen) atoms. The van der Waals surface area contributed by atoms with E-state index in [1.54, 1.807) is 0 Å². The highest BCUT2D eigenvalue weighted by Crippen LogP contribution is 2.23. The number of nitrogens with one attached hydrogen (secondary N) is 2. The molecule has 1 heterocycles. The molecule has 120 valence electrons. The minimum absolute atomic E-state index is 0.155. The summed E-state index contributed by atoms with van der Waals surface area (Å²) < 4.78 is 0. The molecule has 2 rings (SSSR count). The molecule has 0 unspecified atom stereocenters. The maximum absolute atomic E-state index is 12.1. The second-order valence-electron chi connectivity index (χ2n) is 6.38. The monoisotopic (exact) mass is 294 g/mol. The van der Waals surface area contributed by atoms with Gasteiger partial charge in [-0.05, 0) is 51.4 Å². The number of aliphatic imine (C=N–C) groups is 1. The van der Waals surface area contributed by atoms with Gasteiger partial charge in [0, 0.05) is 25.7 Å². The van der Waals surface area contributed by atoms with Crippen LogP contribution in [0.1, 0.15) is 52.4 Å². The van der Waals surface area contributed by atoms with Gasteiger partial charge in [-0.2, -0.15) is 0 Å². The minimum Gasteiger partial charge on any atom is -0.357 e. The highest BCUT2D eigenvalue weighted by molar-refractivity contribution is 5.85. The first kappa shape index (κ1) is 16.1. The summed E-state index contributed by atoms with van der Waals surface area (Å²) in [6.45, 7) is 7.27. The predicted octanol–water partition coefficient (Wildman–Crippen LogP) is 1.74. The molecule has 5 heteroatoms. The Morgan fingerprint density at radius 3 is 2.48 bits per heavy atom. The van der Waals surface area contributed by atoms with Crippen molar-refractivity contribution in [3.63, 3.8) is 0 Å². The van der Waals surface area contributed by atoms with E-state index < -0.39 is 0 Å². The first-order chi connectivity index (χ1) is 10.2. The largest absolute Gasteiger partial charge is 0.357 e. The molecule has 1 saturated heterocycles. The summed E-state index contributed by atoms with van der Waals surface area (Å²) in [6.07, 6.45) is 7.23. The van der Waals surface area contributed by atoms with Crippen LogP contribution in [0.2, 0.25) is 0 Å². The Hall–Kier alpha value is -1.26. The molecule has 0 spiro atoms. The average Bonchev–Trinajstić information content (AvgIpc) is 3.01. The van der Waals surface area contributed by atoms with E-state index in [1.165, 1.54) is 25.7 Å². The third-order valence-electron chi connectivity index (χ3n) is 4.53. The fraction of sp³-hybridized carbons (Fsp3) is 0.875. The van der Waals surface area contributed by atoms with E-state index in [4.69, 9.17) is 0 Å². The molecule has 5 nitrogen and oxygen atoms in total. The number of carbonyl (C=O) groups is 1. The topological polar surface area (TPSA) is 56.7 Å². The van der Waals surface area contributed by atoms with Gasteiger partial charge in [0.25, 0.3) is 0 Å². The second-order valence-corrected chi connectivity index (χ2v) is 6.38. The van der Waals surface area contributed by atoms with Crippen molar-refractivity contribution in [3.05, 3.63) is 0 Å². The van der Waals surface area contributed by atoms with Crippen molar-refractivity contribution in [1.82, 2.24) is 15.5 Å². The molecular formula is C16H30N4O. The van der Waals surface area contributed by atoms with Gasteiger partial charge in [0.1, 0.15) is 6.54 Å². The zero-order valence-corrected chi connectivity index (χ0v) is 13.5. The molecule has 0 aromatic rings. The Kier molecular flexibility index (Phi) is 6.33. The summed E-state index contributed by atoms with van der Waals surface area (Å²) in [6, 6.07) is 0.501. The Labute approximate surface area is 128 Å². The van der Waals surface area contributed by atoms with Crippen LogP contribution in [-0.4, -0.2) is 49.0 Å². The predicted molar refractivity (Wildman–Crippen MR) is 86.3 cm³/mol. The smallest absolute Gasteiger partial charge is 0.244 e. The van der Waals surface area contributed by atoms with Crippen molar-refractivity contribution >= 4 is 11.9 Å². The van der Waals surface area contributed by atoms with Gasteiger partial charge in [-0.15, -0.1) is 0 Å². The van der Waals surface area contributed by atoms with Gasteiger partial charge >= 0.3 is 0 Å². The van der Waals surface area contributed by atoms with Crippen molar-refractivity contribution in [1.29, 1.82) is 0 Å². The molecule has 2 fully saturated rings. The van der Waals surface area contributed by atoms with E-state index in [9.17, 15) is 4.79 Å². The zero-order chi connectivity index (χ0) is 15.1. The zero-order valence-electron chi connectivity index (χ0n) is 13.5. The van der Waals surface area contributed by atoms with E-state index in [0.29, 0.717) is 6.04 Å². The third kappa shape index (κ3) is 5.21. The molecule has 1 aliphatic carbocycles. The molecule has 0 aromatic heterocycles. The Morgan fingerprint density at radius 1 is 1.19 bits per heavy atom. The molecule has 1 saturated carbocycles. The number of nitrogens with zero attached hydrogens (tertiary/aromatic N) is 2. The summed E-state index contributed by atoms with van der Waals surface area (Å²) >= 11 is 0. The van der Waals surface area contributed by atoms with Crippen LogP contribution in [0.4, 0.5) is 0 Å². The lowest BCUT2D eigenvalue weighted by Gasteiger charge is -2.28. The molecule has 2 aliphatic rings. The highest BCUT2D eigenvalue weighted by atomic mass is 16.2. The lowest BCUT2D eigenvalue weighted by molar-refractivity contribution is -0.128. The second kappa shape index (κ2) is 8.25. The fourth-order valence-electron chi connectivity index (χ4n) is 3.13. The number of carbonyl (C=O) groups excluding carboxylic acids is 1. The molecule has 2 N–H and O–H groups in total. The number of likely N-dealkylation sites (tertiary alicyclic amines) is 1. The molecule has 0 radical (unpaired) electrons. The molecular weight excluding hydrogens is 264 g/mol. The van der Waals surface area contributed by atoms with Gasteiger partial charge in [0.15, 0.2) is 5.96 Å². The van der Waals surface area contributed by atoms with Crippen LogP contribution < -0.4 is 10.6 Å². The van der Waals surface area contributed by atoms with Gasteiger partial charge < -0.3 is 15.5 Å². The van der Waals surface area contributed by atoms with Crippen molar-refractivity contribution in [3.8, 4) is 0 Å². The number of hydrogen-bond acceptors (Lipinski definition) is 2. The van der Waals surface area contributed by atoms with Gasteiger partial charge in [0.2, 0.25) is 5.91 Å².